The first-order chi connectivity index (χ1) is 13.3. The van der Waals surface area contributed by atoms with Gasteiger partial charge in [-0.2, -0.15) is 17.9 Å². The summed E-state index contributed by atoms with van der Waals surface area (Å²) in [6.45, 7) is 1.15. The molecule has 0 saturated heterocycles. The number of anilines is 1. The second-order valence-electron chi connectivity index (χ2n) is 5.82. The molecule has 1 amide bonds. The summed E-state index contributed by atoms with van der Waals surface area (Å²) in [4.78, 5) is 11.7. The monoisotopic (exact) mass is 454 g/mol. The number of methoxy groups -OCH3 is 1. The summed E-state index contributed by atoms with van der Waals surface area (Å²) in [6, 6.07) is 3.67. The molecule has 0 saturated carbocycles. The van der Waals surface area contributed by atoms with Gasteiger partial charge in [-0.25, -0.2) is 12.8 Å². The Morgan fingerprint density at radius 3 is 2.41 bits per heavy atom. The van der Waals surface area contributed by atoms with Crippen molar-refractivity contribution in [3.05, 3.63) is 52.8 Å². The smallest absolute Gasteiger partial charge is 0.416 e. The average molecular weight is 455 g/mol. The minimum Gasteiger partial charge on any atom is -0.495 e. The number of nitrogens with one attached hydrogen (secondary N) is 2. The molecule has 2 rings (SSSR count). The van der Waals surface area contributed by atoms with Crippen LogP contribution in [0.4, 0.5) is 23.2 Å². The molecule has 1 atom stereocenters. The number of hydrogen-bond donors (Lipinski definition) is 2. The first-order valence-electron chi connectivity index (χ1n) is 7.88. The molecule has 29 heavy (non-hydrogen) atoms. The van der Waals surface area contributed by atoms with E-state index in [0.717, 1.165) is 31.2 Å². The van der Waals surface area contributed by atoms with E-state index >= 15 is 0 Å². The summed E-state index contributed by atoms with van der Waals surface area (Å²) >= 11 is 5.80. The minimum atomic E-state index is -4.66. The molecular formula is C17H15ClF4N2O4S. The number of rotatable bonds is 6. The molecule has 0 radical (unpaired) electrons. The van der Waals surface area contributed by atoms with Gasteiger partial charge in [0.2, 0.25) is 15.9 Å². The summed E-state index contributed by atoms with van der Waals surface area (Å²) in [5.74, 6) is -1.99. The predicted octanol–water partition coefficient (Wildman–Crippen LogP) is 3.81. The van der Waals surface area contributed by atoms with Crippen LogP contribution in [0.1, 0.15) is 12.5 Å². The highest BCUT2D eigenvalue weighted by Gasteiger charge is 2.31. The van der Waals surface area contributed by atoms with Gasteiger partial charge in [-0.3, -0.25) is 4.79 Å². The Labute approximate surface area is 168 Å². The maximum atomic E-state index is 13.4. The number of amides is 1. The van der Waals surface area contributed by atoms with Gasteiger partial charge in [0.05, 0.1) is 29.4 Å². The molecule has 0 aliphatic heterocycles. The Bertz CT molecular complexity index is 1030. The van der Waals surface area contributed by atoms with Crippen LogP contribution in [0.5, 0.6) is 5.75 Å². The van der Waals surface area contributed by atoms with Crippen molar-refractivity contribution in [2.75, 3.05) is 12.4 Å². The molecule has 0 fully saturated rings. The van der Waals surface area contributed by atoms with Crippen LogP contribution in [-0.4, -0.2) is 27.5 Å². The fraction of sp³-hybridized carbons (Fsp3) is 0.235. The number of carbonyl (C=O) groups excluding carboxylic acids is 1. The Morgan fingerprint density at radius 2 is 1.83 bits per heavy atom. The lowest BCUT2D eigenvalue weighted by Crippen LogP contribution is -2.41. The highest BCUT2D eigenvalue weighted by atomic mass is 35.5. The molecule has 6 nitrogen and oxygen atoms in total. The highest BCUT2D eigenvalue weighted by Crippen LogP contribution is 2.34. The van der Waals surface area contributed by atoms with Crippen molar-refractivity contribution in [1.82, 2.24) is 4.72 Å². The number of alkyl halides is 3. The number of ether oxygens (including phenoxy) is 1. The molecule has 1 unspecified atom stereocenters. The molecule has 2 aromatic rings. The Morgan fingerprint density at radius 1 is 1.17 bits per heavy atom. The molecule has 12 heteroatoms. The van der Waals surface area contributed by atoms with Gasteiger partial charge in [-0.05, 0) is 43.3 Å². The lowest BCUT2D eigenvalue weighted by molar-refractivity contribution is -0.137. The van der Waals surface area contributed by atoms with E-state index in [1.165, 1.54) is 7.11 Å². The molecule has 158 valence electrons. The predicted molar refractivity (Wildman–Crippen MR) is 97.8 cm³/mol. The van der Waals surface area contributed by atoms with Crippen LogP contribution in [-0.2, 0) is 21.0 Å². The largest absolute Gasteiger partial charge is 0.495 e. The van der Waals surface area contributed by atoms with Gasteiger partial charge in [-0.15, -0.1) is 0 Å². The Balaban J connectivity index is 2.23. The van der Waals surface area contributed by atoms with E-state index in [-0.39, 0.29) is 16.5 Å². The van der Waals surface area contributed by atoms with Crippen LogP contribution in [0, 0.1) is 5.82 Å². The van der Waals surface area contributed by atoms with E-state index in [1.807, 2.05) is 4.72 Å². The third-order valence-electron chi connectivity index (χ3n) is 3.69. The first-order valence-corrected chi connectivity index (χ1v) is 9.74. The molecule has 0 aromatic heterocycles. The van der Waals surface area contributed by atoms with Crippen molar-refractivity contribution in [2.24, 2.45) is 0 Å². The van der Waals surface area contributed by atoms with Crippen molar-refractivity contribution >= 4 is 33.2 Å². The van der Waals surface area contributed by atoms with Crippen molar-refractivity contribution in [1.29, 1.82) is 0 Å². The quantitative estimate of drug-likeness (QED) is 0.650. The maximum Gasteiger partial charge on any atom is 0.416 e. The fourth-order valence-electron chi connectivity index (χ4n) is 2.25. The van der Waals surface area contributed by atoms with Gasteiger partial charge < -0.3 is 10.1 Å². The average Bonchev–Trinajstić information content (AvgIpc) is 2.62. The lowest BCUT2D eigenvalue weighted by Gasteiger charge is -2.17. The number of hydrogen-bond acceptors (Lipinski definition) is 4. The van der Waals surface area contributed by atoms with Crippen LogP contribution in [0.2, 0.25) is 5.02 Å². The number of halogens is 5. The zero-order valence-electron chi connectivity index (χ0n) is 15.0. The fourth-order valence-corrected chi connectivity index (χ4v) is 3.80. The number of sulfonamides is 1. The van der Waals surface area contributed by atoms with Crippen molar-refractivity contribution < 1.29 is 35.5 Å². The van der Waals surface area contributed by atoms with Gasteiger partial charge in [0.15, 0.2) is 0 Å². The van der Waals surface area contributed by atoms with Crippen LogP contribution >= 0.6 is 11.6 Å². The van der Waals surface area contributed by atoms with E-state index in [0.29, 0.717) is 12.1 Å². The lowest BCUT2D eigenvalue weighted by atomic mass is 10.2. The molecular weight excluding hydrogens is 440 g/mol. The van der Waals surface area contributed by atoms with E-state index in [1.54, 1.807) is 0 Å². The molecule has 2 N–H and O–H groups in total. The van der Waals surface area contributed by atoms with E-state index < -0.39 is 44.4 Å². The zero-order chi connectivity index (χ0) is 22.0. The van der Waals surface area contributed by atoms with Crippen LogP contribution in [0.15, 0.2) is 41.3 Å². The van der Waals surface area contributed by atoms with Crippen LogP contribution < -0.4 is 14.8 Å². The second-order valence-corrected chi connectivity index (χ2v) is 7.91. The third kappa shape index (κ3) is 5.58. The molecule has 0 spiro atoms. The Hall–Kier alpha value is -2.37. The normalized spacial score (nSPS) is 13.1. The number of benzene rings is 2. The van der Waals surface area contributed by atoms with Gasteiger partial charge in [0.25, 0.3) is 0 Å². The first kappa shape index (κ1) is 22.9. The Kier molecular flexibility index (Phi) is 6.76. The minimum absolute atomic E-state index is 0.160. The van der Waals surface area contributed by atoms with Gasteiger partial charge in [0, 0.05) is 0 Å². The van der Waals surface area contributed by atoms with E-state index in [9.17, 15) is 30.8 Å². The van der Waals surface area contributed by atoms with Gasteiger partial charge >= 0.3 is 6.18 Å². The van der Waals surface area contributed by atoms with Crippen molar-refractivity contribution in [3.63, 3.8) is 0 Å². The second kappa shape index (κ2) is 8.56. The van der Waals surface area contributed by atoms with Gasteiger partial charge in [-0.1, -0.05) is 11.6 Å². The maximum absolute atomic E-state index is 13.4. The highest BCUT2D eigenvalue weighted by molar-refractivity contribution is 7.89. The third-order valence-corrected chi connectivity index (χ3v) is 5.58. The molecule has 0 heterocycles. The number of carbonyl (C=O) groups is 1. The van der Waals surface area contributed by atoms with E-state index in [2.05, 4.69) is 5.32 Å². The molecule has 2 aromatic carbocycles. The standard InChI is InChI=1S/C17H15ClF4N2O4S/c1-9(24-29(26,27)15-8-11(19)4-6-14(15)28-2)16(25)23-13-7-10(17(20,21)22)3-5-12(13)18/h3-9,24H,1-2H3,(H,23,25). The summed E-state index contributed by atoms with van der Waals surface area (Å²) in [6.07, 6.45) is -4.66. The van der Waals surface area contributed by atoms with Crippen molar-refractivity contribution in [2.45, 2.75) is 24.0 Å². The van der Waals surface area contributed by atoms with E-state index in [4.69, 9.17) is 16.3 Å². The summed E-state index contributed by atoms with van der Waals surface area (Å²) in [7, 11) is -3.21. The van der Waals surface area contributed by atoms with Crippen LogP contribution in [0.25, 0.3) is 0 Å². The van der Waals surface area contributed by atoms with Crippen LogP contribution in [0.3, 0.4) is 0 Å². The summed E-state index contributed by atoms with van der Waals surface area (Å²) in [5.41, 5.74) is -1.39. The summed E-state index contributed by atoms with van der Waals surface area (Å²) in [5, 5.41) is 1.96. The topological polar surface area (TPSA) is 84.5 Å². The zero-order valence-corrected chi connectivity index (χ0v) is 16.5. The molecule has 0 bridgehead atoms. The van der Waals surface area contributed by atoms with Crippen molar-refractivity contribution in [3.8, 4) is 5.75 Å². The molecule has 0 aliphatic rings. The summed E-state index contributed by atoms with van der Waals surface area (Å²) < 4.78 is 83.7. The SMILES string of the molecule is COc1ccc(F)cc1S(=O)(=O)NC(C)C(=O)Nc1cc(C(F)(F)F)ccc1Cl. The molecule has 0 aliphatic carbocycles. The van der Waals surface area contributed by atoms with Gasteiger partial charge in [0.1, 0.15) is 16.5 Å².